The molecule has 1 N–H and O–H groups in total. The molecule has 0 aliphatic heterocycles. The second-order valence-electron chi connectivity index (χ2n) is 4.06. The number of nitrogens with one attached hydrogen (secondary N) is 1. The van der Waals surface area contributed by atoms with Crippen molar-refractivity contribution in [2.75, 3.05) is 6.61 Å². The maximum atomic E-state index is 11.6. The summed E-state index contributed by atoms with van der Waals surface area (Å²) >= 11 is 7.96. The molecule has 0 saturated carbocycles. The van der Waals surface area contributed by atoms with Gasteiger partial charge in [-0.05, 0) is 52.9 Å². The normalized spacial score (nSPS) is 10.6. The molecule has 0 aliphatic carbocycles. The lowest BCUT2D eigenvalue weighted by molar-refractivity contribution is -0.123. The van der Waals surface area contributed by atoms with Crippen molar-refractivity contribution in [3.8, 4) is 5.75 Å². The van der Waals surface area contributed by atoms with Gasteiger partial charge >= 0.3 is 0 Å². The summed E-state index contributed by atoms with van der Waals surface area (Å²) in [7, 11) is 0. The van der Waals surface area contributed by atoms with Gasteiger partial charge in [0.1, 0.15) is 5.75 Å². The third-order valence-electron chi connectivity index (χ3n) is 2.48. The molecule has 0 fully saturated rings. The molecule has 1 amide bonds. The Morgan fingerprint density at radius 2 is 1.95 bits per heavy atom. The van der Waals surface area contributed by atoms with Crippen molar-refractivity contribution in [2.45, 2.75) is 0 Å². The lowest BCUT2D eigenvalue weighted by atomic mass is 10.2. The van der Waals surface area contributed by atoms with Gasteiger partial charge in [-0.1, -0.05) is 29.8 Å². The van der Waals surface area contributed by atoms with E-state index < -0.39 is 0 Å². The topological polar surface area (TPSA) is 50.7 Å². The van der Waals surface area contributed by atoms with Crippen molar-refractivity contribution >= 4 is 46.3 Å². The second kappa shape index (κ2) is 7.99. The number of rotatable bonds is 5. The van der Waals surface area contributed by atoms with Gasteiger partial charge < -0.3 is 4.74 Å². The molecule has 0 saturated heterocycles. The standard InChI is InChI=1S/C15H12ClIN2O2/c16-12-5-7-13(8-6-12)21-10-15(20)19-18-9-11-3-1-2-4-14(11)17/h1-9H,10H2,(H,19,20)/b18-9+. The minimum atomic E-state index is -0.327. The molecule has 6 heteroatoms. The van der Waals surface area contributed by atoms with Gasteiger partial charge in [-0.3, -0.25) is 4.79 Å². The predicted octanol–water partition coefficient (Wildman–Crippen LogP) is 3.47. The molecule has 0 unspecified atom stereocenters. The van der Waals surface area contributed by atoms with Gasteiger partial charge in [0.15, 0.2) is 6.61 Å². The highest BCUT2D eigenvalue weighted by Gasteiger charge is 2.01. The largest absolute Gasteiger partial charge is 0.484 e. The Labute approximate surface area is 141 Å². The second-order valence-corrected chi connectivity index (χ2v) is 5.66. The minimum Gasteiger partial charge on any atom is -0.484 e. The summed E-state index contributed by atoms with van der Waals surface area (Å²) in [6.07, 6.45) is 1.60. The molecule has 0 aromatic heterocycles. The van der Waals surface area contributed by atoms with Crippen molar-refractivity contribution in [3.05, 3.63) is 62.7 Å². The van der Waals surface area contributed by atoms with Crippen LogP contribution in [0.4, 0.5) is 0 Å². The van der Waals surface area contributed by atoms with Crippen LogP contribution in [-0.2, 0) is 4.79 Å². The molecule has 0 aliphatic rings. The van der Waals surface area contributed by atoms with Crippen LogP contribution < -0.4 is 10.2 Å². The number of hydrazone groups is 1. The highest BCUT2D eigenvalue weighted by atomic mass is 127. The Balaban J connectivity index is 1.80. The first-order valence-electron chi connectivity index (χ1n) is 6.10. The van der Waals surface area contributed by atoms with E-state index in [2.05, 4.69) is 33.1 Å². The van der Waals surface area contributed by atoms with Crippen molar-refractivity contribution in [3.63, 3.8) is 0 Å². The fourth-order valence-electron chi connectivity index (χ4n) is 1.47. The van der Waals surface area contributed by atoms with E-state index in [1.165, 1.54) is 0 Å². The van der Waals surface area contributed by atoms with Crippen LogP contribution in [0.15, 0.2) is 53.6 Å². The van der Waals surface area contributed by atoms with Crippen LogP contribution in [0.5, 0.6) is 5.75 Å². The van der Waals surface area contributed by atoms with E-state index in [0.717, 1.165) is 9.13 Å². The smallest absolute Gasteiger partial charge is 0.277 e. The Morgan fingerprint density at radius 1 is 1.24 bits per heavy atom. The number of ether oxygens (including phenoxy) is 1. The quantitative estimate of drug-likeness (QED) is 0.463. The number of nitrogens with zero attached hydrogens (tertiary/aromatic N) is 1. The number of halogens is 2. The summed E-state index contributed by atoms with van der Waals surface area (Å²) in [5, 5.41) is 4.52. The first kappa shape index (κ1) is 15.8. The van der Waals surface area contributed by atoms with Crippen molar-refractivity contribution in [1.29, 1.82) is 0 Å². The Bertz CT molecular complexity index is 644. The van der Waals surface area contributed by atoms with Gasteiger partial charge in [0.2, 0.25) is 0 Å². The fraction of sp³-hybridized carbons (Fsp3) is 0.0667. The molecule has 0 radical (unpaired) electrons. The van der Waals surface area contributed by atoms with E-state index in [-0.39, 0.29) is 12.5 Å². The highest BCUT2D eigenvalue weighted by molar-refractivity contribution is 14.1. The lowest BCUT2D eigenvalue weighted by Gasteiger charge is -2.04. The average molecular weight is 415 g/mol. The van der Waals surface area contributed by atoms with E-state index in [0.29, 0.717) is 10.8 Å². The van der Waals surface area contributed by atoms with Gasteiger partial charge in [0.25, 0.3) is 5.91 Å². The molecular weight excluding hydrogens is 403 g/mol. The molecule has 108 valence electrons. The summed E-state index contributed by atoms with van der Waals surface area (Å²) in [6, 6.07) is 14.5. The van der Waals surface area contributed by atoms with E-state index in [4.69, 9.17) is 16.3 Å². The SMILES string of the molecule is O=C(COc1ccc(Cl)cc1)N/N=C/c1ccccc1I. The van der Waals surface area contributed by atoms with E-state index in [1.54, 1.807) is 30.5 Å². The van der Waals surface area contributed by atoms with Crippen molar-refractivity contribution < 1.29 is 9.53 Å². The Morgan fingerprint density at radius 3 is 2.67 bits per heavy atom. The van der Waals surface area contributed by atoms with Crippen molar-refractivity contribution in [2.24, 2.45) is 5.10 Å². The number of benzene rings is 2. The first-order valence-corrected chi connectivity index (χ1v) is 7.55. The minimum absolute atomic E-state index is 0.106. The monoisotopic (exact) mass is 414 g/mol. The number of carbonyl (C=O) groups is 1. The Hall–Kier alpha value is -1.60. The molecular formula is C15H12ClIN2O2. The highest BCUT2D eigenvalue weighted by Crippen LogP contribution is 2.15. The van der Waals surface area contributed by atoms with Crippen LogP contribution in [-0.4, -0.2) is 18.7 Å². The van der Waals surface area contributed by atoms with Crippen LogP contribution in [0.25, 0.3) is 0 Å². The maximum absolute atomic E-state index is 11.6. The number of carbonyl (C=O) groups excluding carboxylic acids is 1. The molecule has 0 atom stereocenters. The Kier molecular flexibility index (Phi) is 6.01. The fourth-order valence-corrected chi connectivity index (χ4v) is 2.12. The van der Waals surface area contributed by atoms with Gasteiger partial charge in [-0.2, -0.15) is 5.10 Å². The molecule has 4 nitrogen and oxygen atoms in total. The summed E-state index contributed by atoms with van der Waals surface area (Å²) in [6.45, 7) is -0.106. The van der Waals surface area contributed by atoms with E-state index >= 15 is 0 Å². The molecule has 2 aromatic carbocycles. The van der Waals surface area contributed by atoms with Crippen LogP contribution in [0.1, 0.15) is 5.56 Å². The third-order valence-corrected chi connectivity index (χ3v) is 3.72. The van der Waals surface area contributed by atoms with Crippen LogP contribution in [0.2, 0.25) is 5.02 Å². The maximum Gasteiger partial charge on any atom is 0.277 e. The van der Waals surface area contributed by atoms with Crippen LogP contribution in [0, 0.1) is 3.57 Å². The molecule has 0 spiro atoms. The zero-order chi connectivity index (χ0) is 15.1. The van der Waals surface area contributed by atoms with E-state index in [1.807, 2.05) is 24.3 Å². The zero-order valence-corrected chi connectivity index (χ0v) is 13.8. The van der Waals surface area contributed by atoms with Crippen LogP contribution >= 0.6 is 34.2 Å². The number of amides is 1. The molecule has 2 aromatic rings. The molecule has 21 heavy (non-hydrogen) atoms. The number of hydrogen-bond donors (Lipinski definition) is 1. The summed E-state index contributed by atoms with van der Waals surface area (Å²) in [5.41, 5.74) is 3.36. The van der Waals surface area contributed by atoms with E-state index in [9.17, 15) is 4.79 Å². The predicted molar refractivity (Wildman–Crippen MR) is 91.8 cm³/mol. The van der Waals surface area contributed by atoms with Gasteiger partial charge in [-0.15, -0.1) is 0 Å². The number of hydrogen-bond acceptors (Lipinski definition) is 3. The molecule has 0 heterocycles. The zero-order valence-electron chi connectivity index (χ0n) is 10.9. The molecule has 2 rings (SSSR count). The lowest BCUT2D eigenvalue weighted by Crippen LogP contribution is -2.24. The average Bonchev–Trinajstić information content (AvgIpc) is 2.49. The van der Waals surface area contributed by atoms with Crippen LogP contribution in [0.3, 0.4) is 0 Å². The summed E-state index contributed by atoms with van der Waals surface area (Å²) in [5.74, 6) is 0.253. The summed E-state index contributed by atoms with van der Waals surface area (Å²) < 4.78 is 6.36. The van der Waals surface area contributed by atoms with Crippen molar-refractivity contribution in [1.82, 2.24) is 5.43 Å². The van der Waals surface area contributed by atoms with Gasteiger partial charge in [0.05, 0.1) is 6.21 Å². The molecule has 0 bridgehead atoms. The van der Waals surface area contributed by atoms with Gasteiger partial charge in [-0.25, -0.2) is 5.43 Å². The first-order chi connectivity index (χ1) is 10.1. The van der Waals surface area contributed by atoms with Gasteiger partial charge in [0, 0.05) is 14.2 Å². The third kappa shape index (κ3) is 5.35. The summed E-state index contributed by atoms with van der Waals surface area (Å²) in [4.78, 5) is 11.6.